The molecule has 2 rings (SSSR count). The summed E-state index contributed by atoms with van der Waals surface area (Å²) in [6.45, 7) is 1.84. The Labute approximate surface area is 84.9 Å². The first kappa shape index (κ1) is 9.57. The van der Waals surface area contributed by atoms with Gasteiger partial charge in [0.05, 0.1) is 0 Å². The van der Waals surface area contributed by atoms with E-state index in [9.17, 15) is 4.39 Å². The molecule has 2 heterocycles. The minimum absolute atomic E-state index is 0.0832. The summed E-state index contributed by atoms with van der Waals surface area (Å²) in [5.74, 6) is -0.563. The van der Waals surface area contributed by atoms with Gasteiger partial charge in [-0.25, -0.2) is 9.61 Å². The lowest BCUT2D eigenvalue weighted by atomic mass is 10.3. The molecule has 0 saturated carbocycles. The molecule has 78 valence electrons. The number of aryl methyl sites for hydroxylation is 1. The number of rotatable bonds is 3. The fourth-order valence-electron chi connectivity index (χ4n) is 1.01. The van der Waals surface area contributed by atoms with Crippen molar-refractivity contribution < 1.29 is 13.8 Å². The fraction of sp³-hybridized carbons (Fsp3) is 0.222. The average molecular weight is 209 g/mol. The van der Waals surface area contributed by atoms with Gasteiger partial charge in [-0.1, -0.05) is 10.3 Å². The third-order valence-electron chi connectivity index (χ3n) is 1.84. The largest absolute Gasteiger partial charge is 0.482 e. The summed E-state index contributed by atoms with van der Waals surface area (Å²) in [6, 6.07) is 3.08. The van der Waals surface area contributed by atoms with Gasteiger partial charge < -0.3 is 4.74 Å². The Hall–Kier alpha value is -1.98. The highest BCUT2D eigenvalue weighted by Crippen LogP contribution is 2.14. The molecule has 2 aromatic heterocycles. The van der Waals surface area contributed by atoms with Crippen LogP contribution in [-0.2, 0) is 6.61 Å². The molecule has 0 radical (unpaired) electrons. The summed E-state index contributed by atoms with van der Waals surface area (Å²) in [4.78, 5) is 3.45. The third kappa shape index (κ3) is 2.09. The molecule has 0 saturated heterocycles. The highest BCUT2D eigenvalue weighted by molar-refractivity contribution is 5.18. The second-order valence-corrected chi connectivity index (χ2v) is 2.88. The molecule has 0 N–H and O–H groups in total. The van der Waals surface area contributed by atoms with Crippen LogP contribution in [0, 0.1) is 12.9 Å². The van der Waals surface area contributed by atoms with Crippen LogP contribution in [0.15, 0.2) is 23.0 Å². The van der Waals surface area contributed by atoms with Gasteiger partial charge in [-0.3, -0.25) is 0 Å². The smallest absolute Gasteiger partial charge is 0.255 e. The van der Waals surface area contributed by atoms with Crippen molar-refractivity contribution in [3.63, 3.8) is 0 Å². The van der Waals surface area contributed by atoms with Crippen LogP contribution in [0.25, 0.3) is 0 Å². The first-order valence-corrected chi connectivity index (χ1v) is 4.28. The first-order chi connectivity index (χ1) is 7.27. The number of halogens is 1. The van der Waals surface area contributed by atoms with Crippen LogP contribution in [0.5, 0.6) is 5.75 Å². The lowest BCUT2D eigenvalue weighted by Gasteiger charge is -2.03. The summed E-state index contributed by atoms with van der Waals surface area (Å²) < 4.78 is 22.7. The molecule has 0 aliphatic rings. The maximum absolute atomic E-state index is 13.0. The highest BCUT2D eigenvalue weighted by atomic mass is 19.1. The molecule has 0 unspecified atom stereocenters. The van der Waals surface area contributed by atoms with E-state index in [4.69, 9.17) is 4.74 Å². The van der Waals surface area contributed by atoms with Gasteiger partial charge in [0.1, 0.15) is 18.0 Å². The van der Waals surface area contributed by atoms with Gasteiger partial charge in [0, 0.05) is 6.20 Å². The Bertz CT molecular complexity index is 458. The number of ether oxygens (including phenoxy) is 1. The number of nitrogens with zero attached hydrogens (tertiary/aromatic N) is 3. The predicted molar refractivity (Wildman–Crippen MR) is 47.6 cm³/mol. The van der Waals surface area contributed by atoms with Gasteiger partial charge >= 0.3 is 0 Å². The van der Waals surface area contributed by atoms with E-state index < -0.39 is 5.95 Å². The van der Waals surface area contributed by atoms with Crippen LogP contribution in [0.2, 0.25) is 0 Å². The van der Waals surface area contributed by atoms with E-state index in [2.05, 4.69) is 19.9 Å². The topological polar surface area (TPSA) is 61.0 Å². The Kier molecular flexibility index (Phi) is 2.57. The van der Waals surface area contributed by atoms with E-state index in [0.29, 0.717) is 11.4 Å². The molecule has 0 amide bonds. The third-order valence-corrected chi connectivity index (χ3v) is 1.84. The Morgan fingerprint density at radius 1 is 1.47 bits per heavy atom. The monoisotopic (exact) mass is 209 g/mol. The molecule has 0 aliphatic heterocycles. The first-order valence-electron chi connectivity index (χ1n) is 4.28. The molecule has 15 heavy (non-hydrogen) atoms. The standard InChI is InChI=1S/C9H8FN3O2/c1-6-7(13-15-12-6)5-14-8-3-2-4-11-9(8)10/h2-4H,5H2,1H3. The fourth-order valence-corrected chi connectivity index (χ4v) is 1.01. The summed E-state index contributed by atoms with van der Waals surface area (Å²) in [5.41, 5.74) is 1.16. The van der Waals surface area contributed by atoms with Gasteiger partial charge in [-0.05, 0) is 19.1 Å². The van der Waals surface area contributed by atoms with Crippen LogP contribution >= 0.6 is 0 Å². The molecule has 0 aromatic carbocycles. The van der Waals surface area contributed by atoms with Crippen LogP contribution in [0.1, 0.15) is 11.4 Å². The molecular formula is C9H8FN3O2. The van der Waals surface area contributed by atoms with Crippen molar-refractivity contribution in [2.24, 2.45) is 0 Å². The van der Waals surface area contributed by atoms with E-state index in [1.807, 2.05) is 0 Å². The van der Waals surface area contributed by atoms with Crippen molar-refractivity contribution in [1.82, 2.24) is 15.3 Å². The molecule has 0 aliphatic carbocycles. The zero-order valence-corrected chi connectivity index (χ0v) is 7.98. The van der Waals surface area contributed by atoms with Crippen LogP contribution < -0.4 is 4.74 Å². The Morgan fingerprint density at radius 3 is 3.00 bits per heavy atom. The van der Waals surface area contributed by atoms with Crippen molar-refractivity contribution in [3.8, 4) is 5.75 Å². The molecule has 2 aromatic rings. The second-order valence-electron chi connectivity index (χ2n) is 2.88. The average Bonchev–Trinajstić information content (AvgIpc) is 2.63. The van der Waals surface area contributed by atoms with E-state index in [-0.39, 0.29) is 12.4 Å². The Morgan fingerprint density at radius 2 is 2.33 bits per heavy atom. The zero-order valence-electron chi connectivity index (χ0n) is 7.98. The number of aromatic nitrogens is 3. The molecular weight excluding hydrogens is 201 g/mol. The minimum Gasteiger partial charge on any atom is -0.482 e. The second kappa shape index (κ2) is 4.04. The van der Waals surface area contributed by atoms with E-state index in [0.717, 1.165) is 0 Å². The lowest BCUT2D eigenvalue weighted by molar-refractivity contribution is 0.260. The number of pyridine rings is 1. The van der Waals surface area contributed by atoms with Gasteiger partial charge in [0.25, 0.3) is 5.95 Å². The lowest BCUT2D eigenvalue weighted by Crippen LogP contribution is -2.00. The maximum Gasteiger partial charge on any atom is 0.255 e. The van der Waals surface area contributed by atoms with Crippen molar-refractivity contribution in [3.05, 3.63) is 35.7 Å². The highest BCUT2D eigenvalue weighted by Gasteiger charge is 2.08. The molecule has 0 fully saturated rings. The maximum atomic E-state index is 13.0. The Balaban J connectivity index is 2.06. The quantitative estimate of drug-likeness (QED) is 0.716. The van der Waals surface area contributed by atoms with Crippen molar-refractivity contribution >= 4 is 0 Å². The summed E-state index contributed by atoms with van der Waals surface area (Å²) >= 11 is 0. The summed E-state index contributed by atoms with van der Waals surface area (Å²) in [7, 11) is 0. The number of hydrogen-bond acceptors (Lipinski definition) is 5. The van der Waals surface area contributed by atoms with E-state index in [1.54, 1.807) is 13.0 Å². The van der Waals surface area contributed by atoms with Crippen molar-refractivity contribution in [2.75, 3.05) is 0 Å². The van der Waals surface area contributed by atoms with Crippen LogP contribution in [-0.4, -0.2) is 15.3 Å². The minimum atomic E-state index is -0.647. The van der Waals surface area contributed by atoms with Crippen LogP contribution in [0.4, 0.5) is 4.39 Å². The molecule has 6 heteroatoms. The summed E-state index contributed by atoms with van der Waals surface area (Å²) in [6.07, 6.45) is 1.35. The number of hydrogen-bond donors (Lipinski definition) is 0. The summed E-state index contributed by atoms with van der Waals surface area (Å²) in [5, 5.41) is 7.18. The normalized spacial score (nSPS) is 10.3. The van der Waals surface area contributed by atoms with Gasteiger partial charge in [0.15, 0.2) is 5.75 Å². The van der Waals surface area contributed by atoms with Crippen LogP contribution in [0.3, 0.4) is 0 Å². The van der Waals surface area contributed by atoms with E-state index >= 15 is 0 Å². The van der Waals surface area contributed by atoms with Gasteiger partial charge in [-0.15, -0.1) is 0 Å². The van der Waals surface area contributed by atoms with Gasteiger partial charge in [0.2, 0.25) is 0 Å². The zero-order chi connectivity index (χ0) is 10.7. The van der Waals surface area contributed by atoms with E-state index in [1.165, 1.54) is 12.3 Å². The van der Waals surface area contributed by atoms with Gasteiger partial charge in [-0.2, -0.15) is 4.39 Å². The SMILES string of the molecule is Cc1nonc1COc1cccnc1F. The van der Waals surface area contributed by atoms with Crippen molar-refractivity contribution in [2.45, 2.75) is 13.5 Å². The predicted octanol–water partition coefficient (Wildman–Crippen LogP) is 1.49. The molecule has 0 atom stereocenters. The molecule has 0 bridgehead atoms. The van der Waals surface area contributed by atoms with Crippen molar-refractivity contribution in [1.29, 1.82) is 0 Å². The molecule has 0 spiro atoms. The molecule has 5 nitrogen and oxygen atoms in total.